The molecule has 0 radical (unpaired) electrons. The molecule has 4 heterocycles. The van der Waals surface area contributed by atoms with Crippen molar-refractivity contribution in [3.8, 4) is 45.5 Å². The molecule has 0 spiro atoms. The maximum Gasteiger partial charge on any atom is 0.251 e. The number of rotatable bonds is 4. The van der Waals surface area contributed by atoms with E-state index in [1.165, 1.54) is 5.39 Å². The summed E-state index contributed by atoms with van der Waals surface area (Å²) >= 11 is 0. The van der Waals surface area contributed by atoms with Crippen LogP contribution in [0.5, 0.6) is 11.5 Å². The van der Waals surface area contributed by atoms with Gasteiger partial charge in [-0.15, -0.1) is 0 Å². The van der Waals surface area contributed by atoms with Crippen LogP contribution in [0.3, 0.4) is 0 Å². The van der Waals surface area contributed by atoms with Gasteiger partial charge in [-0.3, -0.25) is 0 Å². The maximum absolute atomic E-state index is 6.74. The highest BCUT2D eigenvalue weighted by atomic mass is 16.5. The first-order valence-electron chi connectivity index (χ1n) is 15.5. The third kappa shape index (κ3) is 4.35. The zero-order valence-electron chi connectivity index (χ0n) is 25.8. The minimum atomic E-state index is 0.434. The summed E-state index contributed by atoms with van der Waals surface area (Å²) in [5, 5.41) is 2.07. The molecule has 3 aromatic heterocycles. The summed E-state index contributed by atoms with van der Waals surface area (Å²) in [4.78, 5) is 17.0. The van der Waals surface area contributed by atoms with Crippen molar-refractivity contribution in [2.45, 2.75) is 6.92 Å². The molecule has 7 nitrogen and oxygen atoms in total. The van der Waals surface area contributed by atoms with Gasteiger partial charge in [-0.05, 0) is 42.8 Å². The second-order valence-electron chi connectivity index (χ2n) is 11.6. The Hall–Kier alpha value is -6.34. The van der Waals surface area contributed by atoms with E-state index in [0.29, 0.717) is 40.6 Å². The number of hydrogen-bond donors (Lipinski definition) is 0. The van der Waals surface area contributed by atoms with Crippen molar-refractivity contribution in [3.05, 3.63) is 139 Å². The lowest BCUT2D eigenvalue weighted by molar-refractivity contribution is -0.633. The predicted octanol–water partition coefficient (Wildman–Crippen LogP) is 9.48. The number of anilines is 3. The molecule has 0 unspecified atom stereocenters. The number of pyridine rings is 1. The fourth-order valence-corrected chi connectivity index (χ4v) is 6.47. The molecule has 0 N–H and O–H groups in total. The van der Waals surface area contributed by atoms with Gasteiger partial charge in [-0.2, -0.15) is 14.5 Å². The number of para-hydroxylation sites is 3. The lowest BCUT2D eigenvalue weighted by atomic mass is 9.98. The number of nitrogens with zero attached hydrogens (tertiary/aromatic N) is 5. The van der Waals surface area contributed by atoms with Crippen molar-refractivity contribution in [1.82, 2.24) is 15.0 Å². The zero-order valence-corrected chi connectivity index (χ0v) is 25.8. The first-order chi connectivity index (χ1) is 23.1. The van der Waals surface area contributed by atoms with Crippen LogP contribution >= 0.6 is 0 Å². The van der Waals surface area contributed by atoms with E-state index in [-0.39, 0.29) is 0 Å². The molecule has 0 bridgehead atoms. The smallest absolute Gasteiger partial charge is 0.251 e. The summed E-state index contributed by atoms with van der Waals surface area (Å²) in [6.07, 6.45) is 0. The van der Waals surface area contributed by atoms with Gasteiger partial charge in [0.05, 0.1) is 16.6 Å². The highest BCUT2D eigenvalue weighted by molar-refractivity contribution is 6.05. The number of ether oxygens (including phenoxy) is 1. The summed E-state index contributed by atoms with van der Waals surface area (Å²) in [7, 11) is 2.10. The molecule has 0 fully saturated rings. The molecular formula is C40H28N5O2+. The van der Waals surface area contributed by atoms with E-state index in [1.807, 2.05) is 95.9 Å². The number of fused-ring (bicyclic) bond motifs is 5. The highest BCUT2D eigenvalue weighted by Crippen LogP contribution is 2.55. The predicted molar refractivity (Wildman–Crippen MR) is 184 cm³/mol. The Balaban J connectivity index is 1.32. The summed E-state index contributed by atoms with van der Waals surface area (Å²) < 4.78 is 15.7. The average Bonchev–Trinajstić information content (AvgIpc) is 3.49. The van der Waals surface area contributed by atoms with E-state index in [2.05, 4.69) is 61.0 Å². The Kier molecular flexibility index (Phi) is 6.11. The minimum absolute atomic E-state index is 0.434. The Bertz CT molecular complexity index is 2420. The fourth-order valence-electron chi connectivity index (χ4n) is 6.47. The van der Waals surface area contributed by atoms with Crippen LogP contribution in [0.4, 0.5) is 17.5 Å². The SMILES string of the molecule is Cc1ccc2oc3c(c2c1-c1ccc2ccccc2[n+]1C)Oc1ccccc1N3c1nc(-c2ccccc2)nc(-c2ccccc2)n1. The number of furan rings is 1. The van der Waals surface area contributed by atoms with Crippen LogP contribution in [0.2, 0.25) is 0 Å². The van der Waals surface area contributed by atoms with Crippen molar-refractivity contribution in [1.29, 1.82) is 0 Å². The van der Waals surface area contributed by atoms with E-state index < -0.39 is 0 Å². The van der Waals surface area contributed by atoms with Crippen LogP contribution in [0.15, 0.2) is 138 Å². The molecule has 1 aliphatic heterocycles. The van der Waals surface area contributed by atoms with Gasteiger partial charge in [0.25, 0.3) is 5.88 Å². The quantitative estimate of drug-likeness (QED) is 0.185. The van der Waals surface area contributed by atoms with Gasteiger partial charge in [-0.25, -0.2) is 9.88 Å². The van der Waals surface area contributed by atoms with Gasteiger partial charge in [0, 0.05) is 28.6 Å². The molecule has 8 aromatic rings. The van der Waals surface area contributed by atoms with Crippen LogP contribution in [-0.2, 0) is 7.05 Å². The van der Waals surface area contributed by atoms with Crippen molar-refractivity contribution in [3.63, 3.8) is 0 Å². The zero-order chi connectivity index (χ0) is 31.5. The maximum atomic E-state index is 6.74. The van der Waals surface area contributed by atoms with E-state index in [1.54, 1.807) is 0 Å². The summed E-state index contributed by atoms with van der Waals surface area (Å²) in [6, 6.07) is 44.7. The number of benzene rings is 5. The largest absolute Gasteiger partial charge is 0.449 e. The minimum Gasteiger partial charge on any atom is -0.449 e. The standard InChI is InChI=1S/C40H28N5O2/c1-25-21-24-33-35(34(25)31-23-22-26-13-9-10-18-29(26)44(31)2)36-39(47-33)45(30-19-11-12-20-32(30)46-36)40-42-37(27-14-5-3-6-15-27)41-38(43-40)28-16-7-4-8-17-28/h3-24H,1-2H3/q+1. The molecule has 0 saturated heterocycles. The number of hydrogen-bond acceptors (Lipinski definition) is 6. The van der Waals surface area contributed by atoms with Crippen LogP contribution < -0.4 is 14.2 Å². The van der Waals surface area contributed by atoms with Crippen LogP contribution in [0, 0.1) is 6.92 Å². The van der Waals surface area contributed by atoms with E-state index in [4.69, 9.17) is 24.1 Å². The van der Waals surface area contributed by atoms with Crippen molar-refractivity contribution >= 4 is 39.4 Å². The third-order valence-corrected chi connectivity index (χ3v) is 8.75. The van der Waals surface area contributed by atoms with Gasteiger partial charge in [0.15, 0.2) is 23.1 Å². The van der Waals surface area contributed by atoms with Crippen molar-refractivity contribution in [2.75, 3.05) is 4.90 Å². The van der Waals surface area contributed by atoms with Crippen molar-refractivity contribution < 1.29 is 13.7 Å². The fraction of sp³-hybridized carbons (Fsp3) is 0.0500. The van der Waals surface area contributed by atoms with Gasteiger partial charge in [-0.1, -0.05) is 91.0 Å². The molecular weight excluding hydrogens is 582 g/mol. The number of aryl methyl sites for hydroxylation is 2. The van der Waals surface area contributed by atoms with Gasteiger partial charge < -0.3 is 9.15 Å². The lowest BCUT2D eigenvalue weighted by Crippen LogP contribution is -2.32. The van der Waals surface area contributed by atoms with Gasteiger partial charge >= 0.3 is 0 Å². The molecule has 0 amide bonds. The summed E-state index contributed by atoms with van der Waals surface area (Å²) in [6.45, 7) is 2.13. The molecule has 5 aromatic carbocycles. The molecule has 0 atom stereocenters. The van der Waals surface area contributed by atoms with Crippen LogP contribution in [0.25, 0.3) is 55.9 Å². The molecule has 47 heavy (non-hydrogen) atoms. The first kappa shape index (κ1) is 27.0. The van der Waals surface area contributed by atoms with Gasteiger partial charge in [0.2, 0.25) is 17.2 Å². The van der Waals surface area contributed by atoms with E-state index in [0.717, 1.165) is 44.5 Å². The normalized spacial score (nSPS) is 12.2. The Morgan fingerprint density at radius 3 is 2.04 bits per heavy atom. The second kappa shape index (κ2) is 10.6. The van der Waals surface area contributed by atoms with Crippen molar-refractivity contribution in [2.24, 2.45) is 7.05 Å². The topological polar surface area (TPSA) is 68.2 Å². The molecule has 1 aliphatic rings. The summed E-state index contributed by atoms with van der Waals surface area (Å²) in [5.74, 6) is 3.38. The Morgan fingerprint density at radius 1 is 0.638 bits per heavy atom. The Labute approximate surface area is 271 Å². The molecule has 0 saturated carbocycles. The van der Waals surface area contributed by atoms with E-state index in [9.17, 15) is 0 Å². The molecule has 9 rings (SSSR count). The summed E-state index contributed by atoms with van der Waals surface area (Å²) in [5.41, 5.74) is 7.62. The average molecular weight is 611 g/mol. The third-order valence-electron chi connectivity index (χ3n) is 8.75. The Morgan fingerprint density at radius 2 is 1.30 bits per heavy atom. The highest BCUT2D eigenvalue weighted by Gasteiger charge is 2.36. The van der Waals surface area contributed by atoms with E-state index >= 15 is 0 Å². The molecule has 7 heteroatoms. The number of aromatic nitrogens is 4. The molecule has 0 aliphatic carbocycles. The second-order valence-corrected chi connectivity index (χ2v) is 11.6. The van der Waals surface area contributed by atoms with Crippen LogP contribution in [-0.4, -0.2) is 15.0 Å². The molecule has 224 valence electrons. The first-order valence-corrected chi connectivity index (χ1v) is 15.5. The lowest BCUT2D eigenvalue weighted by Gasteiger charge is -2.28. The van der Waals surface area contributed by atoms with Gasteiger partial charge in [0.1, 0.15) is 12.6 Å². The van der Waals surface area contributed by atoms with Crippen LogP contribution in [0.1, 0.15) is 5.56 Å². The monoisotopic (exact) mass is 610 g/mol.